The van der Waals surface area contributed by atoms with Crippen LogP contribution in [0.1, 0.15) is 30.9 Å². The highest BCUT2D eigenvalue weighted by Gasteiger charge is 2.29. The first kappa shape index (κ1) is 13.9. The lowest BCUT2D eigenvalue weighted by atomic mass is 9.82. The van der Waals surface area contributed by atoms with Gasteiger partial charge in [0.25, 0.3) is 0 Å². The van der Waals surface area contributed by atoms with Gasteiger partial charge in [-0.15, -0.1) is 0 Å². The van der Waals surface area contributed by atoms with Crippen LogP contribution in [0.2, 0.25) is 5.02 Å². The summed E-state index contributed by atoms with van der Waals surface area (Å²) in [4.78, 5) is 2.31. The van der Waals surface area contributed by atoms with E-state index >= 15 is 0 Å². The molecule has 1 aromatic carbocycles. The number of piperidine rings is 1. The number of nitrogens with zero attached hydrogens (tertiary/aromatic N) is 3. The first-order valence-electron chi connectivity index (χ1n) is 6.38. The molecule has 1 aromatic rings. The summed E-state index contributed by atoms with van der Waals surface area (Å²) in [6.45, 7) is 4.64. The zero-order chi connectivity index (χ0) is 13.9. The summed E-state index contributed by atoms with van der Waals surface area (Å²) in [5, 5.41) is 18.6. The molecule has 0 atom stereocenters. The molecule has 1 fully saturated rings. The van der Waals surface area contributed by atoms with Crippen LogP contribution in [0, 0.1) is 28.1 Å². The lowest BCUT2D eigenvalue weighted by Crippen LogP contribution is -2.37. The fourth-order valence-electron chi connectivity index (χ4n) is 2.30. The van der Waals surface area contributed by atoms with Crippen LogP contribution in [-0.4, -0.2) is 18.0 Å². The van der Waals surface area contributed by atoms with Crippen molar-refractivity contribution in [3.8, 4) is 12.1 Å². The van der Waals surface area contributed by atoms with E-state index in [1.165, 1.54) is 0 Å². The number of halogens is 1. The molecule has 1 aliphatic heterocycles. The Balaban J connectivity index is 2.01. The maximum atomic E-state index is 9.11. The van der Waals surface area contributed by atoms with Crippen molar-refractivity contribution < 1.29 is 0 Å². The van der Waals surface area contributed by atoms with Crippen LogP contribution >= 0.6 is 11.6 Å². The van der Waals surface area contributed by atoms with Crippen LogP contribution in [0.25, 0.3) is 0 Å². The molecule has 0 aromatic heterocycles. The van der Waals surface area contributed by atoms with Gasteiger partial charge in [-0.05, 0) is 50.6 Å². The predicted molar refractivity (Wildman–Crippen MR) is 74.4 cm³/mol. The number of hydrogen-bond donors (Lipinski definition) is 0. The second-order valence-corrected chi connectivity index (χ2v) is 5.77. The van der Waals surface area contributed by atoms with Gasteiger partial charge < -0.3 is 0 Å². The van der Waals surface area contributed by atoms with Gasteiger partial charge in [0.15, 0.2) is 0 Å². The highest BCUT2D eigenvalue weighted by atomic mass is 35.5. The van der Waals surface area contributed by atoms with Crippen molar-refractivity contribution in [2.45, 2.75) is 26.3 Å². The van der Waals surface area contributed by atoms with Crippen LogP contribution in [0.15, 0.2) is 18.2 Å². The Labute approximate surface area is 119 Å². The van der Waals surface area contributed by atoms with Gasteiger partial charge in [0, 0.05) is 11.6 Å². The van der Waals surface area contributed by atoms with Crippen LogP contribution in [-0.2, 0) is 6.54 Å². The van der Waals surface area contributed by atoms with E-state index in [-0.39, 0.29) is 5.41 Å². The summed E-state index contributed by atoms with van der Waals surface area (Å²) in [5.74, 6) is 0. The molecule has 0 aliphatic carbocycles. The van der Waals surface area contributed by atoms with Gasteiger partial charge in [0.1, 0.15) is 0 Å². The minimum absolute atomic E-state index is 0.176. The minimum Gasteiger partial charge on any atom is -0.299 e. The molecule has 0 spiro atoms. The highest BCUT2D eigenvalue weighted by Crippen LogP contribution is 2.31. The van der Waals surface area contributed by atoms with Gasteiger partial charge in [-0.3, -0.25) is 4.90 Å². The van der Waals surface area contributed by atoms with Gasteiger partial charge in [0.05, 0.1) is 23.1 Å². The molecule has 1 saturated heterocycles. The van der Waals surface area contributed by atoms with E-state index in [2.05, 4.69) is 17.0 Å². The second-order valence-electron chi connectivity index (χ2n) is 5.37. The lowest BCUT2D eigenvalue weighted by Gasteiger charge is -2.35. The Morgan fingerprint density at radius 3 is 2.53 bits per heavy atom. The Bertz CT molecular complexity index is 545. The minimum atomic E-state index is -0.176. The fourth-order valence-corrected chi connectivity index (χ4v) is 2.54. The van der Waals surface area contributed by atoms with Crippen molar-refractivity contribution in [1.29, 1.82) is 10.5 Å². The van der Waals surface area contributed by atoms with E-state index in [1.807, 2.05) is 13.0 Å². The van der Waals surface area contributed by atoms with Crippen molar-refractivity contribution in [3.05, 3.63) is 34.3 Å². The molecule has 3 nitrogen and oxygen atoms in total. The molecule has 0 unspecified atom stereocenters. The molecule has 0 radical (unpaired) electrons. The summed E-state index contributed by atoms with van der Waals surface area (Å²) in [6.07, 6.45) is 1.80. The third-order valence-corrected chi connectivity index (χ3v) is 4.16. The standard InChI is InChI=1S/C15H16ClN3/c1-15(11-18)4-6-19(7-5-15)10-13-3-2-12(9-17)8-14(13)16/h2-3,8H,4-7,10H2,1H3. The molecular formula is C15H16ClN3. The van der Waals surface area contributed by atoms with Crippen LogP contribution in [0.5, 0.6) is 0 Å². The zero-order valence-corrected chi connectivity index (χ0v) is 11.7. The fraction of sp³-hybridized carbons (Fsp3) is 0.467. The Kier molecular flexibility index (Phi) is 4.10. The number of benzene rings is 1. The van der Waals surface area contributed by atoms with Crippen LogP contribution < -0.4 is 0 Å². The summed E-state index contributed by atoms with van der Waals surface area (Å²) in [7, 11) is 0. The number of rotatable bonds is 2. The van der Waals surface area contributed by atoms with E-state index in [0.29, 0.717) is 10.6 Å². The summed E-state index contributed by atoms with van der Waals surface area (Å²) in [6, 6.07) is 9.91. The largest absolute Gasteiger partial charge is 0.299 e. The van der Waals surface area contributed by atoms with Crippen LogP contribution in [0.3, 0.4) is 0 Å². The van der Waals surface area contributed by atoms with E-state index < -0.39 is 0 Å². The Hall–Kier alpha value is -1.55. The molecule has 0 saturated carbocycles. The maximum absolute atomic E-state index is 9.11. The molecular weight excluding hydrogens is 258 g/mol. The molecule has 0 amide bonds. The lowest BCUT2D eigenvalue weighted by molar-refractivity contribution is 0.150. The zero-order valence-electron chi connectivity index (χ0n) is 11.0. The quantitative estimate of drug-likeness (QED) is 0.830. The van der Waals surface area contributed by atoms with Crippen molar-refractivity contribution in [3.63, 3.8) is 0 Å². The average molecular weight is 274 g/mol. The van der Waals surface area contributed by atoms with Crippen molar-refractivity contribution in [2.24, 2.45) is 5.41 Å². The van der Waals surface area contributed by atoms with Gasteiger partial charge in [-0.1, -0.05) is 17.7 Å². The van der Waals surface area contributed by atoms with Crippen molar-refractivity contribution in [2.75, 3.05) is 13.1 Å². The van der Waals surface area contributed by atoms with Gasteiger partial charge in [0.2, 0.25) is 0 Å². The van der Waals surface area contributed by atoms with E-state index in [9.17, 15) is 0 Å². The smallest absolute Gasteiger partial charge is 0.0992 e. The summed E-state index contributed by atoms with van der Waals surface area (Å²) in [5.41, 5.74) is 1.45. The first-order chi connectivity index (χ1) is 9.06. The third kappa shape index (κ3) is 3.26. The summed E-state index contributed by atoms with van der Waals surface area (Å²) < 4.78 is 0. The molecule has 1 heterocycles. The number of nitriles is 2. The van der Waals surface area contributed by atoms with Crippen molar-refractivity contribution in [1.82, 2.24) is 4.90 Å². The molecule has 0 N–H and O–H groups in total. The van der Waals surface area contributed by atoms with Gasteiger partial charge in [-0.2, -0.15) is 10.5 Å². The van der Waals surface area contributed by atoms with Crippen LogP contribution in [0.4, 0.5) is 0 Å². The number of hydrogen-bond acceptors (Lipinski definition) is 3. The van der Waals surface area contributed by atoms with E-state index in [1.54, 1.807) is 12.1 Å². The van der Waals surface area contributed by atoms with E-state index in [4.69, 9.17) is 22.1 Å². The van der Waals surface area contributed by atoms with E-state index in [0.717, 1.165) is 38.0 Å². The third-order valence-electron chi connectivity index (χ3n) is 3.81. The molecule has 2 rings (SSSR count). The molecule has 0 bridgehead atoms. The van der Waals surface area contributed by atoms with Gasteiger partial charge in [-0.25, -0.2) is 0 Å². The first-order valence-corrected chi connectivity index (χ1v) is 6.76. The second kappa shape index (κ2) is 5.61. The predicted octanol–water partition coefficient (Wildman–Crippen LogP) is 3.34. The SMILES string of the molecule is CC1(C#N)CCN(Cc2ccc(C#N)cc2Cl)CC1. The molecule has 1 aliphatic rings. The maximum Gasteiger partial charge on any atom is 0.0992 e. The van der Waals surface area contributed by atoms with Crippen molar-refractivity contribution >= 4 is 11.6 Å². The monoisotopic (exact) mass is 273 g/mol. The Morgan fingerprint density at radius 2 is 2.00 bits per heavy atom. The highest BCUT2D eigenvalue weighted by molar-refractivity contribution is 6.31. The summed E-state index contributed by atoms with van der Waals surface area (Å²) >= 11 is 6.18. The van der Waals surface area contributed by atoms with Gasteiger partial charge >= 0.3 is 0 Å². The average Bonchev–Trinajstić information content (AvgIpc) is 2.43. The Morgan fingerprint density at radius 1 is 1.32 bits per heavy atom. The topological polar surface area (TPSA) is 50.8 Å². The molecule has 4 heteroatoms. The number of likely N-dealkylation sites (tertiary alicyclic amines) is 1. The molecule has 19 heavy (non-hydrogen) atoms. The molecule has 98 valence electrons. The normalized spacial score (nSPS) is 18.5.